The zero-order valence-electron chi connectivity index (χ0n) is 16.9. The highest BCUT2D eigenvalue weighted by Gasteiger charge is 2.33. The van der Waals surface area contributed by atoms with Gasteiger partial charge in [-0.15, -0.1) is 0 Å². The summed E-state index contributed by atoms with van der Waals surface area (Å²) in [6.45, 7) is 6.96. The lowest BCUT2D eigenvalue weighted by atomic mass is 9.70. The van der Waals surface area contributed by atoms with E-state index in [-0.39, 0.29) is 0 Å². The maximum absolute atomic E-state index is 4.40. The Morgan fingerprint density at radius 3 is 1.88 bits per heavy atom. The molecule has 3 nitrogen and oxygen atoms in total. The van der Waals surface area contributed by atoms with Crippen LogP contribution < -0.4 is 0 Å². The van der Waals surface area contributed by atoms with Crippen LogP contribution in [0, 0.1) is 24.7 Å². The summed E-state index contributed by atoms with van der Waals surface area (Å²) in [7, 11) is 0. The Bertz CT molecular complexity index is 545. The second-order valence-corrected chi connectivity index (χ2v) is 9.46. The average Bonchev–Trinajstić information content (AvgIpc) is 2.70. The molecule has 26 heavy (non-hydrogen) atoms. The van der Waals surface area contributed by atoms with E-state index in [4.69, 9.17) is 0 Å². The van der Waals surface area contributed by atoms with Crippen molar-refractivity contribution in [2.75, 3.05) is 13.1 Å². The SMILES string of the molecule is Cc1ncc(C2CCN(C3CCC(C4CCC(C)CC4)CC3)CC2)cn1. The maximum atomic E-state index is 4.40. The van der Waals surface area contributed by atoms with E-state index in [0.29, 0.717) is 5.92 Å². The fraction of sp³-hybridized carbons (Fsp3) is 0.826. The minimum Gasteiger partial charge on any atom is -0.300 e. The predicted molar refractivity (Wildman–Crippen MR) is 107 cm³/mol. The Morgan fingerprint density at radius 1 is 0.769 bits per heavy atom. The molecule has 3 aliphatic rings. The second kappa shape index (κ2) is 8.37. The molecule has 0 N–H and O–H groups in total. The van der Waals surface area contributed by atoms with E-state index in [1.165, 1.54) is 82.9 Å². The first-order valence-electron chi connectivity index (χ1n) is 11.2. The monoisotopic (exact) mass is 355 g/mol. The Morgan fingerprint density at radius 2 is 1.31 bits per heavy atom. The molecule has 2 saturated carbocycles. The van der Waals surface area contributed by atoms with Crippen molar-refractivity contribution < 1.29 is 0 Å². The average molecular weight is 356 g/mol. The Hall–Kier alpha value is -0.960. The molecule has 0 amide bonds. The fourth-order valence-corrected chi connectivity index (χ4v) is 5.91. The van der Waals surface area contributed by atoms with E-state index in [9.17, 15) is 0 Å². The zero-order valence-corrected chi connectivity index (χ0v) is 16.9. The minimum absolute atomic E-state index is 0.674. The molecule has 1 aromatic heterocycles. The number of aromatic nitrogens is 2. The molecular weight excluding hydrogens is 318 g/mol. The molecule has 0 radical (unpaired) electrons. The molecule has 144 valence electrons. The zero-order chi connectivity index (χ0) is 17.9. The maximum Gasteiger partial charge on any atom is 0.125 e. The molecule has 1 aromatic rings. The summed E-state index contributed by atoms with van der Waals surface area (Å²) in [5.41, 5.74) is 1.35. The second-order valence-electron chi connectivity index (χ2n) is 9.46. The first-order chi connectivity index (χ1) is 12.7. The van der Waals surface area contributed by atoms with Crippen LogP contribution in [0.4, 0.5) is 0 Å². The summed E-state index contributed by atoms with van der Waals surface area (Å²) >= 11 is 0. The highest BCUT2D eigenvalue weighted by molar-refractivity contribution is 5.12. The van der Waals surface area contributed by atoms with Crippen molar-refractivity contribution in [1.82, 2.24) is 14.9 Å². The first kappa shape index (κ1) is 18.4. The Labute approximate surface area is 160 Å². The minimum atomic E-state index is 0.674. The molecule has 2 heterocycles. The van der Waals surface area contributed by atoms with Gasteiger partial charge in [0.2, 0.25) is 0 Å². The van der Waals surface area contributed by atoms with Gasteiger partial charge >= 0.3 is 0 Å². The van der Waals surface area contributed by atoms with Crippen molar-refractivity contribution in [2.24, 2.45) is 17.8 Å². The first-order valence-corrected chi connectivity index (χ1v) is 11.2. The molecule has 4 rings (SSSR count). The van der Waals surface area contributed by atoms with Gasteiger partial charge in [0.05, 0.1) is 0 Å². The van der Waals surface area contributed by atoms with Crippen LogP contribution in [-0.4, -0.2) is 34.0 Å². The number of rotatable bonds is 3. The molecule has 0 spiro atoms. The van der Waals surface area contributed by atoms with Crippen LogP contribution in [0.15, 0.2) is 12.4 Å². The number of hydrogen-bond donors (Lipinski definition) is 0. The molecule has 0 bridgehead atoms. The van der Waals surface area contributed by atoms with Gasteiger partial charge in [0.25, 0.3) is 0 Å². The normalized spacial score (nSPS) is 34.7. The van der Waals surface area contributed by atoms with Crippen molar-refractivity contribution >= 4 is 0 Å². The molecular formula is C23H37N3. The van der Waals surface area contributed by atoms with Crippen molar-refractivity contribution in [3.63, 3.8) is 0 Å². The van der Waals surface area contributed by atoms with Gasteiger partial charge in [0, 0.05) is 18.4 Å². The molecule has 0 aromatic carbocycles. The third kappa shape index (κ3) is 4.30. The lowest BCUT2D eigenvalue weighted by Crippen LogP contribution is -2.43. The van der Waals surface area contributed by atoms with Crippen LogP contribution in [0.3, 0.4) is 0 Å². The summed E-state index contributed by atoms with van der Waals surface area (Å²) in [5.74, 6) is 4.64. The van der Waals surface area contributed by atoms with Crippen LogP contribution in [0.5, 0.6) is 0 Å². The Kier molecular flexibility index (Phi) is 5.93. The molecule has 3 heteroatoms. The molecule has 1 saturated heterocycles. The standard InChI is InChI=1S/C23H37N3/c1-17-3-5-19(6-4-17)20-7-9-23(10-8-20)26-13-11-21(12-14-26)22-15-24-18(2)25-16-22/h15-17,19-21,23H,3-14H2,1-2H3. The van der Waals surface area contributed by atoms with Gasteiger partial charge in [0.15, 0.2) is 0 Å². The van der Waals surface area contributed by atoms with Crippen molar-refractivity contribution in [1.29, 1.82) is 0 Å². The van der Waals surface area contributed by atoms with Gasteiger partial charge in [0.1, 0.15) is 5.82 Å². The van der Waals surface area contributed by atoms with Crippen LogP contribution in [0.25, 0.3) is 0 Å². The number of nitrogens with zero attached hydrogens (tertiary/aromatic N) is 3. The Balaban J connectivity index is 1.23. The molecule has 0 atom stereocenters. The van der Waals surface area contributed by atoms with Gasteiger partial charge in [-0.3, -0.25) is 0 Å². The highest BCUT2D eigenvalue weighted by Crippen LogP contribution is 2.41. The van der Waals surface area contributed by atoms with Crippen LogP contribution in [0.2, 0.25) is 0 Å². The van der Waals surface area contributed by atoms with E-state index >= 15 is 0 Å². The third-order valence-corrected chi connectivity index (χ3v) is 7.79. The number of piperidine rings is 1. The van der Waals surface area contributed by atoms with E-state index in [0.717, 1.165) is 29.6 Å². The quantitative estimate of drug-likeness (QED) is 0.732. The van der Waals surface area contributed by atoms with Crippen molar-refractivity contribution in [2.45, 2.75) is 90.0 Å². The van der Waals surface area contributed by atoms with Crippen LogP contribution in [-0.2, 0) is 0 Å². The van der Waals surface area contributed by atoms with Crippen molar-refractivity contribution in [3.8, 4) is 0 Å². The van der Waals surface area contributed by atoms with E-state index in [1.807, 2.05) is 6.92 Å². The molecule has 2 aliphatic carbocycles. The number of hydrogen-bond acceptors (Lipinski definition) is 3. The van der Waals surface area contributed by atoms with E-state index < -0.39 is 0 Å². The molecule has 3 fully saturated rings. The summed E-state index contributed by atoms with van der Waals surface area (Å²) in [6.07, 6.45) is 18.6. The van der Waals surface area contributed by atoms with Gasteiger partial charge in [-0.2, -0.15) is 0 Å². The smallest absolute Gasteiger partial charge is 0.125 e. The largest absolute Gasteiger partial charge is 0.300 e. The van der Waals surface area contributed by atoms with Crippen LogP contribution in [0.1, 0.15) is 88.4 Å². The number of aryl methyl sites for hydroxylation is 1. The van der Waals surface area contributed by atoms with Gasteiger partial charge < -0.3 is 4.90 Å². The topological polar surface area (TPSA) is 29.0 Å². The number of likely N-dealkylation sites (tertiary alicyclic amines) is 1. The summed E-state index contributed by atoms with van der Waals surface area (Å²) in [5, 5.41) is 0. The lowest BCUT2D eigenvalue weighted by Gasteiger charge is -2.43. The van der Waals surface area contributed by atoms with Crippen LogP contribution >= 0.6 is 0 Å². The van der Waals surface area contributed by atoms with Gasteiger partial charge in [-0.05, 0) is 101 Å². The highest BCUT2D eigenvalue weighted by atomic mass is 15.2. The third-order valence-electron chi connectivity index (χ3n) is 7.79. The molecule has 1 aliphatic heterocycles. The predicted octanol–water partition coefficient (Wildman–Crippen LogP) is 5.35. The van der Waals surface area contributed by atoms with E-state index in [2.05, 4.69) is 34.2 Å². The van der Waals surface area contributed by atoms with Gasteiger partial charge in [-0.25, -0.2) is 9.97 Å². The molecule has 0 unspecified atom stereocenters. The van der Waals surface area contributed by atoms with E-state index in [1.54, 1.807) is 0 Å². The fourth-order valence-electron chi connectivity index (χ4n) is 5.91. The van der Waals surface area contributed by atoms with Gasteiger partial charge in [-0.1, -0.05) is 19.8 Å². The summed E-state index contributed by atoms with van der Waals surface area (Å²) in [4.78, 5) is 11.6. The lowest BCUT2D eigenvalue weighted by molar-refractivity contribution is 0.0831. The summed E-state index contributed by atoms with van der Waals surface area (Å²) in [6, 6.07) is 0.865. The van der Waals surface area contributed by atoms with Crippen molar-refractivity contribution in [3.05, 3.63) is 23.8 Å². The summed E-state index contributed by atoms with van der Waals surface area (Å²) < 4.78 is 0.